The van der Waals surface area contributed by atoms with Crippen molar-refractivity contribution in [2.24, 2.45) is 0 Å². The van der Waals surface area contributed by atoms with E-state index in [4.69, 9.17) is 0 Å². The highest BCUT2D eigenvalue weighted by molar-refractivity contribution is 5.99. The van der Waals surface area contributed by atoms with E-state index in [1.165, 1.54) is 0 Å². The summed E-state index contributed by atoms with van der Waals surface area (Å²) in [6, 6.07) is 8.50. The van der Waals surface area contributed by atoms with E-state index in [-0.39, 0.29) is 17.9 Å². The Morgan fingerprint density at radius 2 is 1.67 bits per heavy atom. The third kappa shape index (κ3) is 4.80. The minimum Gasteiger partial charge on any atom is -0.371 e. The van der Waals surface area contributed by atoms with Crippen LogP contribution >= 0.6 is 0 Å². The van der Waals surface area contributed by atoms with Crippen molar-refractivity contribution < 1.29 is 9.59 Å². The Labute approximate surface area is 162 Å². The fourth-order valence-corrected chi connectivity index (χ4v) is 4.22. The molecule has 1 N–H and O–H groups in total. The zero-order chi connectivity index (χ0) is 19.4. The molecule has 2 amide bonds. The Kier molecular flexibility index (Phi) is 6.37. The molecule has 2 heterocycles. The van der Waals surface area contributed by atoms with Gasteiger partial charge in [-0.1, -0.05) is 12.1 Å². The quantitative estimate of drug-likeness (QED) is 0.878. The maximum Gasteiger partial charge on any atom is 0.255 e. The molecule has 148 valence electrons. The number of carbonyl (C=O) groups is 2. The van der Waals surface area contributed by atoms with E-state index in [0.717, 1.165) is 63.1 Å². The summed E-state index contributed by atoms with van der Waals surface area (Å²) < 4.78 is 0. The lowest BCUT2D eigenvalue weighted by Crippen LogP contribution is -2.46. The topological polar surface area (TPSA) is 55.9 Å². The van der Waals surface area contributed by atoms with Crippen LogP contribution in [0.3, 0.4) is 0 Å². The maximum atomic E-state index is 13.2. The minimum atomic E-state index is 0.0313. The van der Waals surface area contributed by atoms with Crippen LogP contribution < -0.4 is 10.2 Å². The summed E-state index contributed by atoms with van der Waals surface area (Å²) in [5.41, 5.74) is 1.81. The molecule has 1 aromatic carbocycles. The maximum absolute atomic E-state index is 13.2. The molecule has 0 unspecified atom stereocenters. The molecule has 2 aliphatic rings. The second-order valence-electron chi connectivity index (χ2n) is 7.93. The molecule has 2 aliphatic heterocycles. The molecule has 1 aromatic rings. The standard InChI is InChI=1S/C21H32N4O2/c1-16(26)22-17-8-14-25(15-9-17)20-7-5-4-6-19(20)21(27)24(3)18-10-12-23(2)13-11-18/h4-7,17-18H,8-15H2,1-3H3,(H,22,26). The number of benzene rings is 1. The molecule has 2 saturated heterocycles. The van der Waals surface area contributed by atoms with E-state index < -0.39 is 0 Å². The number of likely N-dealkylation sites (tertiary alicyclic amines) is 1. The van der Waals surface area contributed by atoms with Crippen LogP contribution in [0.15, 0.2) is 24.3 Å². The van der Waals surface area contributed by atoms with Gasteiger partial charge in [0.1, 0.15) is 0 Å². The van der Waals surface area contributed by atoms with Crippen LogP contribution in [0.4, 0.5) is 5.69 Å². The van der Waals surface area contributed by atoms with Crippen LogP contribution in [0.5, 0.6) is 0 Å². The van der Waals surface area contributed by atoms with E-state index in [2.05, 4.69) is 28.2 Å². The van der Waals surface area contributed by atoms with Crippen LogP contribution in [-0.2, 0) is 4.79 Å². The summed E-state index contributed by atoms with van der Waals surface area (Å²) in [4.78, 5) is 31.0. The van der Waals surface area contributed by atoms with E-state index in [1.807, 2.05) is 30.1 Å². The van der Waals surface area contributed by atoms with Crippen LogP contribution in [0, 0.1) is 0 Å². The number of hydrogen-bond donors (Lipinski definition) is 1. The van der Waals surface area contributed by atoms with Gasteiger partial charge in [-0.05, 0) is 58.0 Å². The van der Waals surface area contributed by atoms with E-state index in [1.54, 1.807) is 6.92 Å². The summed E-state index contributed by atoms with van der Waals surface area (Å²) in [6.07, 6.45) is 3.88. The number of piperidine rings is 2. The van der Waals surface area contributed by atoms with Crippen molar-refractivity contribution in [1.29, 1.82) is 0 Å². The molecule has 27 heavy (non-hydrogen) atoms. The van der Waals surface area contributed by atoms with E-state index in [0.29, 0.717) is 6.04 Å². The molecule has 0 bridgehead atoms. The molecular weight excluding hydrogens is 340 g/mol. The predicted octanol–water partition coefficient (Wildman–Crippen LogP) is 1.96. The van der Waals surface area contributed by atoms with Gasteiger partial charge in [0.05, 0.1) is 5.56 Å². The first-order valence-electron chi connectivity index (χ1n) is 10.0. The average Bonchev–Trinajstić information content (AvgIpc) is 2.68. The largest absolute Gasteiger partial charge is 0.371 e. The zero-order valence-corrected chi connectivity index (χ0v) is 16.8. The molecule has 0 atom stereocenters. The number of nitrogens with zero attached hydrogens (tertiary/aromatic N) is 3. The third-order valence-electron chi connectivity index (χ3n) is 5.93. The lowest BCUT2D eigenvalue weighted by molar-refractivity contribution is -0.119. The molecule has 6 nitrogen and oxygen atoms in total. The molecule has 0 aromatic heterocycles. The van der Waals surface area contributed by atoms with Gasteiger partial charge in [0.25, 0.3) is 5.91 Å². The molecule has 6 heteroatoms. The fourth-order valence-electron chi connectivity index (χ4n) is 4.22. The predicted molar refractivity (Wildman–Crippen MR) is 108 cm³/mol. The van der Waals surface area contributed by atoms with Crippen LogP contribution in [0.2, 0.25) is 0 Å². The summed E-state index contributed by atoms with van der Waals surface area (Å²) in [5, 5.41) is 3.01. The van der Waals surface area contributed by atoms with Gasteiger partial charge in [0.15, 0.2) is 0 Å². The van der Waals surface area contributed by atoms with Gasteiger partial charge in [-0.25, -0.2) is 0 Å². The molecule has 3 rings (SSSR count). The first-order chi connectivity index (χ1) is 13.0. The van der Waals surface area contributed by atoms with Crippen LogP contribution in [0.25, 0.3) is 0 Å². The summed E-state index contributed by atoms with van der Waals surface area (Å²) >= 11 is 0. The van der Waals surface area contributed by atoms with Gasteiger partial charge in [0.2, 0.25) is 5.91 Å². The van der Waals surface area contributed by atoms with Gasteiger partial charge in [0, 0.05) is 44.8 Å². The number of hydrogen-bond acceptors (Lipinski definition) is 4. The number of amides is 2. The Bertz CT molecular complexity index is 662. The second kappa shape index (κ2) is 8.74. The van der Waals surface area contributed by atoms with Crippen LogP contribution in [0.1, 0.15) is 43.0 Å². The Morgan fingerprint density at radius 3 is 2.30 bits per heavy atom. The van der Waals surface area contributed by atoms with Crippen LogP contribution in [-0.4, -0.2) is 74.0 Å². The van der Waals surface area contributed by atoms with Crippen molar-refractivity contribution in [3.05, 3.63) is 29.8 Å². The third-order valence-corrected chi connectivity index (χ3v) is 5.93. The summed E-state index contributed by atoms with van der Waals surface area (Å²) in [6.45, 7) is 5.36. The Balaban J connectivity index is 1.69. The average molecular weight is 373 g/mol. The number of rotatable bonds is 4. The lowest BCUT2D eigenvalue weighted by Gasteiger charge is -2.37. The number of para-hydroxylation sites is 1. The Morgan fingerprint density at radius 1 is 1.04 bits per heavy atom. The molecule has 2 fully saturated rings. The SMILES string of the molecule is CC(=O)NC1CCN(c2ccccc2C(=O)N(C)C2CCN(C)CC2)CC1. The highest BCUT2D eigenvalue weighted by Crippen LogP contribution is 2.27. The van der Waals surface area contributed by atoms with Crippen molar-refractivity contribution in [3.8, 4) is 0 Å². The first-order valence-corrected chi connectivity index (χ1v) is 10.0. The molecule has 0 radical (unpaired) electrons. The highest BCUT2D eigenvalue weighted by atomic mass is 16.2. The second-order valence-corrected chi connectivity index (χ2v) is 7.93. The van der Waals surface area contributed by atoms with Gasteiger partial charge < -0.3 is 20.0 Å². The van der Waals surface area contributed by atoms with Gasteiger partial charge in [-0.2, -0.15) is 0 Å². The molecular formula is C21H32N4O2. The normalized spacial score (nSPS) is 19.7. The number of nitrogens with one attached hydrogen (secondary N) is 1. The van der Waals surface area contributed by atoms with E-state index >= 15 is 0 Å². The highest BCUT2D eigenvalue weighted by Gasteiger charge is 2.28. The first kappa shape index (κ1) is 19.7. The van der Waals surface area contributed by atoms with Crippen molar-refractivity contribution in [2.75, 3.05) is 45.2 Å². The lowest BCUT2D eigenvalue weighted by atomic mass is 10.0. The van der Waals surface area contributed by atoms with Crippen molar-refractivity contribution >= 4 is 17.5 Å². The monoisotopic (exact) mass is 372 g/mol. The van der Waals surface area contributed by atoms with Gasteiger partial charge in [-0.15, -0.1) is 0 Å². The zero-order valence-electron chi connectivity index (χ0n) is 16.8. The fraction of sp³-hybridized carbons (Fsp3) is 0.619. The van der Waals surface area contributed by atoms with E-state index in [9.17, 15) is 9.59 Å². The van der Waals surface area contributed by atoms with Gasteiger partial charge >= 0.3 is 0 Å². The number of carbonyl (C=O) groups excluding carboxylic acids is 2. The summed E-state index contributed by atoms with van der Waals surface area (Å²) in [7, 11) is 4.08. The van der Waals surface area contributed by atoms with Gasteiger partial charge in [-0.3, -0.25) is 9.59 Å². The number of anilines is 1. The molecule has 0 aliphatic carbocycles. The minimum absolute atomic E-state index is 0.0313. The molecule has 0 saturated carbocycles. The smallest absolute Gasteiger partial charge is 0.255 e. The molecule has 0 spiro atoms. The van der Waals surface area contributed by atoms with Crippen molar-refractivity contribution in [3.63, 3.8) is 0 Å². The van der Waals surface area contributed by atoms with Crippen molar-refractivity contribution in [2.45, 2.75) is 44.7 Å². The summed E-state index contributed by atoms with van der Waals surface area (Å²) in [5.74, 6) is 0.146. The Hall–Kier alpha value is -2.08. The van der Waals surface area contributed by atoms with Crippen molar-refractivity contribution in [1.82, 2.24) is 15.1 Å².